The molecule has 8 heteroatoms. The third kappa shape index (κ3) is 4.53. The number of nitrogens with one attached hydrogen (secondary N) is 2. The second-order valence-corrected chi connectivity index (χ2v) is 7.17. The highest BCUT2D eigenvalue weighted by Crippen LogP contribution is 2.30. The van der Waals surface area contributed by atoms with Crippen molar-refractivity contribution in [3.8, 4) is 11.5 Å². The Kier molecular flexibility index (Phi) is 5.83. The van der Waals surface area contributed by atoms with Crippen LogP contribution in [0, 0.1) is 0 Å². The molecular weight excluding hydrogens is 388 g/mol. The lowest BCUT2D eigenvalue weighted by molar-refractivity contribution is -0.135. The van der Waals surface area contributed by atoms with Gasteiger partial charge in [-0.05, 0) is 61.1 Å². The first kappa shape index (κ1) is 19.8. The number of hydrogen-bond donors (Lipinski definition) is 2. The van der Waals surface area contributed by atoms with Gasteiger partial charge in [0.15, 0.2) is 18.1 Å². The fourth-order valence-corrected chi connectivity index (χ4v) is 3.47. The van der Waals surface area contributed by atoms with Gasteiger partial charge in [0, 0.05) is 0 Å². The highest BCUT2D eigenvalue weighted by molar-refractivity contribution is 5.92. The monoisotopic (exact) mass is 410 g/mol. The zero-order valence-electron chi connectivity index (χ0n) is 16.3. The van der Waals surface area contributed by atoms with Gasteiger partial charge in [0.1, 0.15) is 6.61 Å². The normalized spacial score (nSPS) is 16.7. The summed E-state index contributed by atoms with van der Waals surface area (Å²) in [6.07, 6.45) is 3.33. The number of hydrogen-bond acceptors (Lipinski definition) is 6. The summed E-state index contributed by atoms with van der Waals surface area (Å²) in [5, 5.41) is 0. The summed E-state index contributed by atoms with van der Waals surface area (Å²) in [7, 11) is 0. The van der Waals surface area contributed by atoms with Gasteiger partial charge in [-0.15, -0.1) is 0 Å². The van der Waals surface area contributed by atoms with Crippen LogP contribution in [0.3, 0.4) is 0 Å². The molecule has 4 rings (SSSR count). The van der Waals surface area contributed by atoms with Crippen molar-refractivity contribution in [1.82, 2.24) is 10.9 Å². The van der Waals surface area contributed by atoms with Crippen molar-refractivity contribution < 1.29 is 28.6 Å². The summed E-state index contributed by atoms with van der Waals surface area (Å²) < 4.78 is 16.1. The Morgan fingerprint density at radius 1 is 0.967 bits per heavy atom. The summed E-state index contributed by atoms with van der Waals surface area (Å²) in [6, 6.07) is 12.5. The maximum Gasteiger partial charge on any atom is 0.338 e. The van der Waals surface area contributed by atoms with Gasteiger partial charge in [-0.25, -0.2) is 4.79 Å². The Bertz CT molecular complexity index is 974. The van der Waals surface area contributed by atoms with Crippen LogP contribution in [0.15, 0.2) is 42.5 Å². The number of aryl methyl sites for hydroxylation is 2. The molecule has 1 atom stereocenters. The zero-order chi connectivity index (χ0) is 20.9. The third-order valence-electron chi connectivity index (χ3n) is 5.04. The topological polar surface area (TPSA) is 103 Å². The van der Waals surface area contributed by atoms with Gasteiger partial charge >= 0.3 is 5.97 Å². The van der Waals surface area contributed by atoms with E-state index in [-0.39, 0.29) is 6.61 Å². The molecule has 0 spiro atoms. The van der Waals surface area contributed by atoms with Gasteiger partial charge in [-0.2, -0.15) is 0 Å². The summed E-state index contributed by atoms with van der Waals surface area (Å²) >= 11 is 0. The number of ether oxygens (including phenoxy) is 3. The van der Waals surface area contributed by atoms with E-state index >= 15 is 0 Å². The average Bonchev–Trinajstić information content (AvgIpc) is 2.80. The van der Waals surface area contributed by atoms with E-state index in [0.717, 1.165) is 31.2 Å². The molecule has 1 heterocycles. The molecule has 2 aromatic carbocycles. The van der Waals surface area contributed by atoms with E-state index in [9.17, 15) is 14.4 Å². The minimum absolute atomic E-state index is 0.0199. The number of benzene rings is 2. The molecule has 2 amide bonds. The van der Waals surface area contributed by atoms with E-state index in [1.165, 1.54) is 5.56 Å². The number of para-hydroxylation sites is 2. The van der Waals surface area contributed by atoms with Crippen LogP contribution in [-0.4, -0.2) is 37.1 Å². The van der Waals surface area contributed by atoms with Crippen LogP contribution < -0.4 is 20.3 Å². The standard InChI is InChI=1S/C22H22N2O6/c25-20(13-29-22(27)16-10-9-14-5-1-2-6-15(14)11-16)23-24-21(26)19-12-28-17-7-3-4-8-18(17)30-19/h3-4,7-11,19H,1-2,5-6,12-13H2,(H,23,25)(H,24,26)/t19-/m1/s1. The molecule has 0 saturated heterocycles. The molecule has 1 aliphatic heterocycles. The maximum absolute atomic E-state index is 12.2. The number of carbonyl (C=O) groups is 3. The van der Waals surface area contributed by atoms with E-state index in [0.29, 0.717) is 17.1 Å². The van der Waals surface area contributed by atoms with Crippen LogP contribution in [0.1, 0.15) is 34.3 Å². The van der Waals surface area contributed by atoms with Crippen LogP contribution in [0.4, 0.5) is 0 Å². The second kappa shape index (κ2) is 8.86. The van der Waals surface area contributed by atoms with Crippen molar-refractivity contribution in [3.05, 3.63) is 59.2 Å². The SMILES string of the molecule is O=C(COC(=O)c1ccc2c(c1)CCCC2)NNC(=O)[C@H]1COc2ccccc2O1. The third-order valence-corrected chi connectivity index (χ3v) is 5.04. The molecule has 0 fully saturated rings. The first-order valence-corrected chi connectivity index (χ1v) is 9.86. The molecule has 2 aliphatic rings. The smallest absolute Gasteiger partial charge is 0.338 e. The molecule has 8 nitrogen and oxygen atoms in total. The van der Waals surface area contributed by atoms with E-state index in [2.05, 4.69) is 10.9 Å². The van der Waals surface area contributed by atoms with Crippen molar-refractivity contribution in [2.75, 3.05) is 13.2 Å². The number of fused-ring (bicyclic) bond motifs is 2. The fraction of sp³-hybridized carbons (Fsp3) is 0.318. The van der Waals surface area contributed by atoms with E-state index in [4.69, 9.17) is 14.2 Å². The molecule has 2 N–H and O–H groups in total. The first-order chi connectivity index (χ1) is 14.6. The van der Waals surface area contributed by atoms with Gasteiger partial charge in [0.05, 0.1) is 5.56 Å². The lowest BCUT2D eigenvalue weighted by atomic mass is 9.90. The predicted octanol–water partition coefficient (Wildman–Crippen LogP) is 1.71. The van der Waals surface area contributed by atoms with E-state index in [1.54, 1.807) is 30.3 Å². The van der Waals surface area contributed by atoms with Gasteiger partial charge in [0.25, 0.3) is 11.8 Å². The maximum atomic E-state index is 12.2. The second-order valence-electron chi connectivity index (χ2n) is 7.17. The predicted molar refractivity (Wildman–Crippen MR) is 106 cm³/mol. The van der Waals surface area contributed by atoms with Crippen molar-refractivity contribution >= 4 is 17.8 Å². The summed E-state index contributed by atoms with van der Waals surface area (Å²) in [5.74, 6) is -0.801. The first-order valence-electron chi connectivity index (χ1n) is 9.86. The van der Waals surface area contributed by atoms with Gasteiger partial charge < -0.3 is 14.2 Å². The van der Waals surface area contributed by atoms with Gasteiger partial charge in [-0.1, -0.05) is 18.2 Å². The number of rotatable bonds is 4. The van der Waals surface area contributed by atoms with Gasteiger partial charge in [-0.3, -0.25) is 20.4 Å². The number of hydrazine groups is 1. The molecule has 30 heavy (non-hydrogen) atoms. The number of esters is 1. The summed E-state index contributed by atoms with van der Waals surface area (Å²) in [5.41, 5.74) is 7.29. The highest BCUT2D eigenvalue weighted by Gasteiger charge is 2.27. The minimum atomic E-state index is -0.904. The fourth-order valence-electron chi connectivity index (χ4n) is 3.47. The lowest BCUT2D eigenvalue weighted by Crippen LogP contribution is -2.51. The van der Waals surface area contributed by atoms with E-state index in [1.807, 2.05) is 12.1 Å². The summed E-state index contributed by atoms with van der Waals surface area (Å²) in [6.45, 7) is -0.493. The van der Waals surface area contributed by atoms with Crippen LogP contribution in [-0.2, 0) is 27.2 Å². The zero-order valence-corrected chi connectivity index (χ0v) is 16.3. The van der Waals surface area contributed by atoms with Crippen molar-refractivity contribution in [3.63, 3.8) is 0 Å². The van der Waals surface area contributed by atoms with Gasteiger partial charge in [0.2, 0.25) is 6.10 Å². The highest BCUT2D eigenvalue weighted by atomic mass is 16.6. The molecule has 2 aromatic rings. The van der Waals surface area contributed by atoms with Crippen LogP contribution >= 0.6 is 0 Å². The Labute approximate surface area is 173 Å². The van der Waals surface area contributed by atoms with Crippen LogP contribution in [0.2, 0.25) is 0 Å². The van der Waals surface area contributed by atoms with Crippen molar-refractivity contribution in [1.29, 1.82) is 0 Å². The number of amides is 2. The van der Waals surface area contributed by atoms with Crippen LogP contribution in [0.5, 0.6) is 11.5 Å². The molecule has 0 bridgehead atoms. The molecule has 0 saturated carbocycles. The lowest BCUT2D eigenvalue weighted by Gasteiger charge is -2.25. The van der Waals surface area contributed by atoms with Crippen molar-refractivity contribution in [2.45, 2.75) is 31.8 Å². The van der Waals surface area contributed by atoms with E-state index < -0.39 is 30.5 Å². The average molecular weight is 410 g/mol. The molecular formula is C22H22N2O6. The van der Waals surface area contributed by atoms with Crippen molar-refractivity contribution in [2.24, 2.45) is 0 Å². The van der Waals surface area contributed by atoms with Crippen LogP contribution in [0.25, 0.3) is 0 Å². The molecule has 1 aliphatic carbocycles. The number of carbonyl (C=O) groups excluding carboxylic acids is 3. The molecule has 0 radical (unpaired) electrons. The largest absolute Gasteiger partial charge is 0.485 e. The Hall–Kier alpha value is -3.55. The Balaban J connectivity index is 1.22. The minimum Gasteiger partial charge on any atom is -0.485 e. The summed E-state index contributed by atoms with van der Waals surface area (Å²) in [4.78, 5) is 36.3. The Morgan fingerprint density at radius 2 is 1.73 bits per heavy atom. The molecule has 0 aromatic heterocycles. The molecule has 0 unspecified atom stereocenters. The molecule has 156 valence electrons. The quantitative estimate of drug-likeness (QED) is 0.588. The Morgan fingerprint density at radius 3 is 2.57 bits per heavy atom.